The Morgan fingerprint density at radius 2 is 1.79 bits per heavy atom. The number of carbonyl (C=O) groups is 1. The van der Waals surface area contributed by atoms with Crippen molar-refractivity contribution in [2.24, 2.45) is 5.10 Å². The van der Waals surface area contributed by atoms with Gasteiger partial charge in [0.2, 0.25) is 5.89 Å². The zero-order chi connectivity index (χ0) is 23.3. The lowest BCUT2D eigenvalue weighted by molar-refractivity contribution is -0.130. The van der Waals surface area contributed by atoms with Gasteiger partial charge in [0.05, 0.1) is 24.6 Å². The number of amides is 1. The van der Waals surface area contributed by atoms with E-state index in [-0.39, 0.29) is 17.7 Å². The highest BCUT2D eigenvalue weighted by molar-refractivity contribution is 7.99. The van der Waals surface area contributed by atoms with Crippen LogP contribution in [0.5, 0.6) is 5.75 Å². The number of ether oxygens (including phenoxy) is 1. The summed E-state index contributed by atoms with van der Waals surface area (Å²) >= 11 is 1.19. The van der Waals surface area contributed by atoms with Gasteiger partial charge in [-0.3, -0.25) is 9.78 Å². The van der Waals surface area contributed by atoms with Crippen molar-refractivity contribution in [3.63, 3.8) is 0 Å². The maximum atomic E-state index is 13.3. The number of benzene rings is 2. The summed E-state index contributed by atoms with van der Waals surface area (Å²) in [5.74, 6) is 1.14. The molecule has 4 aromatic rings. The Balaban J connectivity index is 1.34. The van der Waals surface area contributed by atoms with Gasteiger partial charge in [-0.05, 0) is 35.4 Å². The SMILES string of the molecule is COc1ccc(C2CC(c3ccccc3)=NN2C(=O)CSc2nnc(-c3ccncc3)o2)cc1. The lowest BCUT2D eigenvalue weighted by Gasteiger charge is -2.22. The van der Waals surface area contributed by atoms with Gasteiger partial charge in [-0.25, -0.2) is 5.01 Å². The quantitative estimate of drug-likeness (QED) is 0.363. The average Bonchev–Trinajstić information content (AvgIpc) is 3.56. The van der Waals surface area contributed by atoms with Crippen LogP contribution in [-0.2, 0) is 4.79 Å². The minimum Gasteiger partial charge on any atom is -0.497 e. The minimum absolute atomic E-state index is 0.121. The minimum atomic E-state index is -0.204. The Morgan fingerprint density at radius 1 is 1.03 bits per heavy atom. The second-order valence-corrected chi connectivity index (χ2v) is 8.47. The summed E-state index contributed by atoms with van der Waals surface area (Å²) in [5, 5.41) is 14.7. The molecule has 8 nitrogen and oxygen atoms in total. The first-order chi connectivity index (χ1) is 16.7. The third-order valence-electron chi connectivity index (χ3n) is 5.43. The molecule has 0 saturated carbocycles. The van der Waals surface area contributed by atoms with Crippen LogP contribution >= 0.6 is 11.8 Å². The molecule has 34 heavy (non-hydrogen) atoms. The number of pyridine rings is 1. The third-order valence-corrected chi connectivity index (χ3v) is 6.23. The Labute approximate surface area is 200 Å². The lowest BCUT2D eigenvalue weighted by atomic mass is 9.98. The summed E-state index contributed by atoms with van der Waals surface area (Å²) in [5.41, 5.74) is 3.64. The van der Waals surface area contributed by atoms with E-state index in [2.05, 4.69) is 15.2 Å². The number of aromatic nitrogens is 3. The summed E-state index contributed by atoms with van der Waals surface area (Å²) in [6, 6.07) is 21.0. The van der Waals surface area contributed by atoms with Crippen molar-refractivity contribution in [2.75, 3.05) is 12.9 Å². The molecule has 170 valence electrons. The molecule has 0 aliphatic carbocycles. The van der Waals surface area contributed by atoms with E-state index in [9.17, 15) is 4.79 Å². The second-order valence-electron chi connectivity index (χ2n) is 7.54. The van der Waals surface area contributed by atoms with Gasteiger partial charge in [-0.1, -0.05) is 54.2 Å². The molecular weight excluding hydrogens is 450 g/mol. The molecule has 2 aromatic heterocycles. The number of thioether (sulfide) groups is 1. The zero-order valence-corrected chi connectivity index (χ0v) is 19.2. The van der Waals surface area contributed by atoms with E-state index in [0.29, 0.717) is 17.5 Å². The molecule has 3 heterocycles. The summed E-state index contributed by atoms with van der Waals surface area (Å²) < 4.78 is 11.0. The summed E-state index contributed by atoms with van der Waals surface area (Å²) in [4.78, 5) is 17.2. The van der Waals surface area contributed by atoms with Crippen LogP contribution in [0, 0.1) is 0 Å². The van der Waals surface area contributed by atoms with Crippen molar-refractivity contribution in [3.05, 3.63) is 90.3 Å². The molecule has 5 rings (SSSR count). The monoisotopic (exact) mass is 471 g/mol. The van der Waals surface area contributed by atoms with E-state index in [1.807, 2.05) is 54.6 Å². The van der Waals surface area contributed by atoms with E-state index >= 15 is 0 Å². The fraction of sp³-hybridized carbons (Fsp3) is 0.160. The number of methoxy groups -OCH3 is 1. The molecule has 1 unspecified atom stereocenters. The predicted octanol–water partition coefficient (Wildman–Crippen LogP) is 4.61. The summed E-state index contributed by atoms with van der Waals surface area (Å²) in [6.07, 6.45) is 3.94. The van der Waals surface area contributed by atoms with E-state index in [4.69, 9.17) is 14.3 Å². The average molecular weight is 472 g/mol. The highest BCUT2D eigenvalue weighted by Crippen LogP contribution is 2.34. The van der Waals surface area contributed by atoms with Crippen molar-refractivity contribution >= 4 is 23.4 Å². The first-order valence-corrected chi connectivity index (χ1v) is 11.7. The van der Waals surface area contributed by atoms with Gasteiger partial charge in [-0.15, -0.1) is 10.2 Å². The van der Waals surface area contributed by atoms with Gasteiger partial charge < -0.3 is 9.15 Å². The van der Waals surface area contributed by atoms with Crippen LogP contribution in [0.15, 0.2) is 93.9 Å². The number of rotatable bonds is 7. The van der Waals surface area contributed by atoms with Crippen LogP contribution in [0.25, 0.3) is 11.5 Å². The van der Waals surface area contributed by atoms with E-state index in [0.717, 1.165) is 28.2 Å². The number of hydrogen-bond donors (Lipinski definition) is 0. The maximum Gasteiger partial charge on any atom is 0.277 e. The van der Waals surface area contributed by atoms with E-state index < -0.39 is 0 Å². The van der Waals surface area contributed by atoms with Crippen molar-refractivity contribution in [2.45, 2.75) is 17.7 Å². The Morgan fingerprint density at radius 3 is 2.53 bits per heavy atom. The van der Waals surface area contributed by atoms with Crippen LogP contribution in [0.1, 0.15) is 23.6 Å². The van der Waals surface area contributed by atoms with Crippen molar-refractivity contribution in [1.82, 2.24) is 20.2 Å². The molecule has 0 fully saturated rings. The highest BCUT2D eigenvalue weighted by atomic mass is 32.2. The second kappa shape index (κ2) is 9.88. The van der Waals surface area contributed by atoms with Crippen molar-refractivity contribution in [3.8, 4) is 17.2 Å². The molecule has 0 radical (unpaired) electrons. The number of hydrazone groups is 1. The smallest absolute Gasteiger partial charge is 0.277 e. The zero-order valence-electron chi connectivity index (χ0n) is 18.4. The van der Waals surface area contributed by atoms with Gasteiger partial charge in [-0.2, -0.15) is 5.10 Å². The first-order valence-electron chi connectivity index (χ1n) is 10.7. The molecule has 1 aliphatic heterocycles. The number of hydrogen-bond acceptors (Lipinski definition) is 8. The fourth-order valence-electron chi connectivity index (χ4n) is 3.70. The van der Waals surface area contributed by atoms with Crippen LogP contribution < -0.4 is 4.74 Å². The van der Waals surface area contributed by atoms with Gasteiger partial charge in [0.15, 0.2) is 0 Å². The molecule has 1 atom stereocenters. The first kappa shape index (κ1) is 21.8. The van der Waals surface area contributed by atoms with E-state index in [1.54, 1.807) is 36.6 Å². The van der Waals surface area contributed by atoms with Gasteiger partial charge in [0.25, 0.3) is 11.1 Å². The van der Waals surface area contributed by atoms with Crippen LogP contribution in [-0.4, -0.2) is 44.7 Å². The molecule has 1 amide bonds. The third kappa shape index (κ3) is 4.69. The predicted molar refractivity (Wildman–Crippen MR) is 128 cm³/mol. The van der Waals surface area contributed by atoms with Crippen molar-refractivity contribution < 1.29 is 13.9 Å². The van der Waals surface area contributed by atoms with Crippen molar-refractivity contribution in [1.29, 1.82) is 0 Å². The molecule has 0 N–H and O–H groups in total. The maximum absolute atomic E-state index is 13.3. The molecule has 0 saturated heterocycles. The molecular formula is C25H21N5O3S. The molecule has 2 aromatic carbocycles. The van der Waals surface area contributed by atoms with Crippen LogP contribution in [0.2, 0.25) is 0 Å². The standard InChI is InChI=1S/C25H21N5O3S/c1-32-20-9-7-18(8-10-20)22-15-21(17-5-3-2-4-6-17)29-30(22)23(31)16-34-25-28-27-24(33-25)19-11-13-26-14-12-19/h2-14,22H,15-16H2,1H3. The number of nitrogens with zero attached hydrogens (tertiary/aromatic N) is 5. The van der Waals surface area contributed by atoms with Crippen LogP contribution in [0.4, 0.5) is 0 Å². The van der Waals surface area contributed by atoms with Crippen LogP contribution in [0.3, 0.4) is 0 Å². The lowest BCUT2D eigenvalue weighted by Crippen LogP contribution is -2.28. The molecule has 1 aliphatic rings. The highest BCUT2D eigenvalue weighted by Gasteiger charge is 2.33. The molecule has 0 spiro atoms. The number of carbonyl (C=O) groups excluding carboxylic acids is 1. The van der Waals surface area contributed by atoms with Gasteiger partial charge in [0, 0.05) is 24.4 Å². The van der Waals surface area contributed by atoms with Gasteiger partial charge >= 0.3 is 0 Å². The molecule has 9 heteroatoms. The van der Waals surface area contributed by atoms with E-state index in [1.165, 1.54) is 11.8 Å². The molecule has 0 bridgehead atoms. The largest absolute Gasteiger partial charge is 0.497 e. The topological polar surface area (TPSA) is 93.7 Å². The fourth-order valence-corrected chi connectivity index (χ4v) is 4.32. The normalized spacial score (nSPS) is 15.3. The Kier molecular flexibility index (Phi) is 6.35. The van der Waals surface area contributed by atoms with Gasteiger partial charge in [0.1, 0.15) is 5.75 Å². The summed E-state index contributed by atoms with van der Waals surface area (Å²) in [6.45, 7) is 0. The summed E-state index contributed by atoms with van der Waals surface area (Å²) in [7, 11) is 1.63. The Bertz CT molecular complexity index is 1290. The Hall–Kier alpha value is -3.98.